The zero-order valence-electron chi connectivity index (χ0n) is 10.9. The second-order valence-corrected chi connectivity index (χ2v) is 6.19. The predicted octanol–water partition coefficient (Wildman–Crippen LogP) is 1.92. The van der Waals surface area contributed by atoms with Crippen LogP contribution < -0.4 is 5.73 Å². The second-order valence-electron chi connectivity index (χ2n) is 4.24. The summed E-state index contributed by atoms with van der Waals surface area (Å²) in [5, 5.41) is 21.5. The first-order valence-electron chi connectivity index (χ1n) is 5.77. The van der Waals surface area contributed by atoms with Gasteiger partial charge in [0.05, 0.1) is 19.6 Å². The highest BCUT2D eigenvalue weighted by molar-refractivity contribution is 7.91. The number of nitro groups is 2. The first-order valence-corrected chi connectivity index (χ1v) is 7.25. The quantitative estimate of drug-likeness (QED) is 0.513. The van der Waals surface area contributed by atoms with E-state index in [4.69, 9.17) is 5.73 Å². The molecule has 0 aromatic heterocycles. The minimum atomic E-state index is -4.13. The maximum absolute atomic E-state index is 12.4. The molecule has 0 aliphatic heterocycles. The summed E-state index contributed by atoms with van der Waals surface area (Å²) < 4.78 is 24.8. The van der Waals surface area contributed by atoms with Crippen molar-refractivity contribution in [3.05, 3.63) is 62.7 Å². The fourth-order valence-corrected chi connectivity index (χ4v) is 3.07. The van der Waals surface area contributed by atoms with Gasteiger partial charge in [0.15, 0.2) is 0 Å². The van der Waals surface area contributed by atoms with E-state index in [2.05, 4.69) is 0 Å². The van der Waals surface area contributed by atoms with E-state index in [0.717, 1.165) is 30.3 Å². The molecule has 0 fully saturated rings. The number of nitrogens with two attached hydrogens (primary N) is 1. The van der Waals surface area contributed by atoms with Crippen molar-refractivity contribution in [2.24, 2.45) is 0 Å². The zero-order valence-corrected chi connectivity index (χ0v) is 11.7. The zero-order chi connectivity index (χ0) is 16.5. The van der Waals surface area contributed by atoms with Gasteiger partial charge in [0, 0.05) is 18.2 Å². The van der Waals surface area contributed by atoms with Crippen LogP contribution in [-0.4, -0.2) is 18.3 Å². The molecule has 0 amide bonds. The van der Waals surface area contributed by atoms with E-state index in [0.29, 0.717) is 0 Å². The maximum Gasteiger partial charge on any atom is 0.293 e. The van der Waals surface area contributed by atoms with Crippen molar-refractivity contribution in [3.63, 3.8) is 0 Å². The summed E-state index contributed by atoms with van der Waals surface area (Å²) in [7, 11) is -4.13. The molecule has 2 rings (SSSR count). The number of hydrogen-bond donors (Lipinski definition) is 1. The van der Waals surface area contributed by atoms with E-state index in [1.54, 1.807) is 0 Å². The molecule has 10 heteroatoms. The Hall–Kier alpha value is -3.01. The van der Waals surface area contributed by atoms with Gasteiger partial charge in [-0.25, -0.2) is 8.42 Å². The number of anilines is 1. The van der Waals surface area contributed by atoms with Crippen molar-refractivity contribution in [1.82, 2.24) is 0 Å². The summed E-state index contributed by atoms with van der Waals surface area (Å²) in [4.78, 5) is 19.3. The lowest BCUT2D eigenvalue weighted by atomic mass is 10.3. The van der Waals surface area contributed by atoms with Crippen LogP contribution in [0.3, 0.4) is 0 Å². The summed E-state index contributed by atoms with van der Waals surface area (Å²) in [5.41, 5.74) is 4.29. The van der Waals surface area contributed by atoms with Gasteiger partial charge < -0.3 is 5.73 Å². The van der Waals surface area contributed by atoms with Gasteiger partial charge in [-0.1, -0.05) is 6.07 Å². The standard InChI is InChI=1S/C12H9N3O6S/c13-11-5-4-10(7-12(11)15(18)19)22(20,21)9-3-1-2-8(6-9)14(16)17/h1-7H,13H2. The van der Waals surface area contributed by atoms with E-state index in [9.17, 15) is 28.6 Å². The Bertz CT molecular complexity index is 878. The van der Waals surface area contributed by atoms with Crippen LogP contribution in [0.2, 0.25) is 0 Å². The van der Waals surface area contributed by atoms with Gasteiger partial charge in [-0.15, -0.1) is 0 Å². The molecule has 9 nitrogen and oxygen atoms in total. The summed E-state index contributed by atoms with van der Waals surface area (Å²) in [6.07, 6.45) is 0. The topological polar surface area (TPSA) is 146 Å². The van der Waals surface area contributed by atoms with Crippen molar-refractivity contribution in [2.75, 3.05) is 5.73 Å². The van der Waals surface area contributed by atoms with Gasteiger partial charge >= 0.3 is 0 Å². The number of nitro benzene ring substituents is 2. The molecule has 0 saturated carbocycles. The van der Waals surface area contributed by atoms with Crippen molar-refractivity contribution < 1.29 is 18.3 Å². The normalized spacial score (nSPS) is 11.1. The molecule has 0 aliphatic carbocycles. The second kappa shape index (κ2) is 5.41. The van der Waals surface area contributed by atoms with Gasteiger partial charge in [0.1, 0.15) is 5.69 Å². The van der Waals surface area contributed by atoms with Crippen LogP contribution in [0.15, 0.2) is 52.3 Å². The average Bonchev–Trinajstić information content (AvgIpc) is 2.47. The predicted molar refractivity (Wildman–Crippen MR) is 76.1 cm³/mol. The lowest BCUT2D eigenvalue weighted by molar-refractivity contribution is -0.385. The molecule has 2 N–H and O–H groups in total. The molecule has 114 valence electrons. The number of benzene rings is 2. The summed E-state index contributed by atoms with van der Waals surface area (Å²) in [6.45, 7) is 0. The van der Waals surface area contributed by atoms with E-state index in [1.165, 1.54) is 12.1 Å². The molecule has 0 unspecified atom stereocenters. The minimum absolute atomic E-state index is 0.178. The van der Waals surface area contributed by atoms with Crippen LogP contribution in [0.4, 0.5) is 17.1 Å². The van der Waals surface area contributed by atoms with Crippen LogP contribution in [-0.2, 0) is 9.84 Å². The first kappa shape index (κ1) is 15.4. The SMILES string of the molecule is Nc1ccc(S(=O)(=O)c2cccc([N+](=O)[O-])c2)cc1[N+](=O)[O-]. The molecule has 2 aromatic rings. The van der Waals surface area contributed by atoms with E-state index in [-0.39, 0.29) is 15.5 Å². The Labute approximate surface area is 124 Å². The molecule has 0 radical (unpaired) electrons. The molecule has 22 heavy (non-hydrogen) atoms. The molecular weight excluding hydrogens is 314 g/mol. The number of rotatable bonds is 4. The van der Waals surface area contributed by atoms with Gasteiger partial charge in [-0.3, -0.25) is 20.2 Å². The molecule has 0 saturated heterocycles. The van der Waals surface area contributed by atoms with Crippen molar-refractivity contribution >= 4 is 26.9 Å². The van der Waals surface area contributed by atoms with Crippen LogP contribution in [0.1, 0.15) is 0 Å². The Kier molecular flexibility index (Phi) is 3.78. The highest BCUT2D eigenvalue weighted by Gasteiger charge is 2.23. The maximum atomic E-state index is 12.4. The number of non-ortho nitro benzene ring substituents is 1. The third kappa shape index (κ3) is 2.72. The molecular formula is C12H9N3O6S. The molecule has 0 bridgehead atoms. The number of nitrogen functional groups attached to an aromatic ring is 1. The highest BCUT2D eigenvalue weighted by atomic mass is 32.2. The molecule has 0 atom stereocenters. The van der Waals surface area contributed by atoms with Crippen LogP contribution in [0.5, 0.6) is 0 Å². The lowest BCUT2D eigenvalue weighted by Crippen LogP contribution is -2.05. The van der Waals surface area contributed by atoms with Crippen molar-refractivity contribution in [2.45, 2.75) is 9.79 Å². The fraction of sp³-hybridized carbons (Fsp3) is 0. The van der Waals surface area contributed by atoms with E-state index < -0.39 is 31.1 Å². The molecule has 0 aliphatic rings. The van der Waals surface area contributed by atoms with E-state index >= 15 is 0 Å². The lowest BCUT2D eigenvalue weighted by Gasteiger charge is -2.05. The van der Waals surface area contributed by atoms with Crippen LogP contribution in [0, 0.1) is 20.2 Å². The Morgan fingerprint density at radius 2 is 1.55 bits per heavy atom. The van der Waals surface area contributed by atoms with Crippen molar-refractivity contribution in [3.8, 4) is 0 Å². The fourth-order valence-electron chi connectivity index (χ4n) is 1.75. The molecule has 0 heterocycles. The summed E-state index contributed by atoms with van der Waals surface area (Å²) in [6, 6.07) is 7.45. The van der Waals surface area contributed by atoms with Crippen LogP contribution in [0.25, 0.3) is 0 Å². The number of sulfone groups is 1. The third-order valence-corrected chi connectivity index (χ3v) is 4.60. The molecule has 2 aromatic carbocycles. The Balaban J connectivity index is 2.60. The van der Waals surface area contributed by atoms with Gasteiger partial charge in [0.25, 0.3) is 11.4 Å². The van der Waals surface area contributed by atoms with Crippen LogP contribution >= 0.6 is 0 Å². The Morgan fingerprint density at radius 3 is 2.14 bits per heavy atom. The van der Waals surface area contributed by atoms with Gasteiger partial charge in [-0.05, 0) is 18.2 Å². The highest BCUT2D eigenvalue weighted by Crippen LogP contribution is 2.29. The summed E-state index contributed by atoms with van der Waals surface area (Å²) >= 11 is 0. The van der Waals surface area contributed by atoms with Gasteiger partial charge in [-0.2, -0.15) is 0 Å². The summed E-state index contributed by atoms with van der Waals surface area (Å²) in [5.74, 6) is 0. The minimum Gasteiger partial charge on any atom is -0.393 e. The monoisotopic (exact) mass is 323 g/mol. The molecule has 0 spiro atoms. The largest absolute Gasteiger partial charge is 0.393 e. The van der Waals surface area contributed by atoms with Gasteiger partial charge in [0.2, 0.25) is 9.84 Å². The smallest absolute Gasteiger partial charge is 0.293 e. The first-order chi connectivity index (χ1) is 10.2. The average molecular weight is 323 g/mol. The number of hydrogen-bond acceptors (Lipinski definition) is 7. The third-order valence-electron chi connectivity index (χ3n) is 2.85. The number of nitrogens with zero attached hydrogens (tertiary/aromatic N) is 2. The Morgan fingerprint density at radius 1 is 0.909 bits per heavy atom. The van der Waals surface area contributed by atoms with Crippen molar-refractivity contribution in [1.29, 1.82) is 0 Å². The van der Waals surface area contributed by atoms with E-state index in [1.807, 2.05) is 0 Å².